The van der Waals surface area contributed by atoms with Crippen LogP contribution in [0.1, 0.15) is 303 Å². The molecule has 11 nitrogen and oxygen atoms in total. The van der Waals surface area contributed by atoms with Gasteiger partial charge < -0.3 is 45.1 Å². The molecule has 7 unspecified atom stereocenters. The van der Waals surface area contributed by atoms with Crippen LogP contribution in [-0.4, -0.2) is 100 Å². The second-order valence-corrected chi connectivity index (χ2v) is 23.1. The van der Waals surface area contributed by atoms with Gasteiger partial charge in [-0.3, -0.25) is 9.59 Å². The molecule has 1 heterocycles. The summed E-state index contributed by atoms with van der Waals surface area (Å²) >= 11 is 0. The highest BCUT2D eigenvalue weighted by Gasteiger charge is 2.44. The monoisotopic (exact) mass is 1130 g/mol. The first-order valence-corrected chi connectivity index (χ1v) is 33.6. The lowest BCUT2D eigenvalue weighted by Crippen LogP contribution is -2.60. The van der Waals surface area contributed by atoms with Gasteiger partial charge in [0.05, 0.1) is 32.0 Å². The molecule has 0 aliphatic carbocycles. The van der Waals surface area contributed by atoms with Gasteiger partial charge >= 0.3 is 5.97 Å². The molecule has 0 aromatic carbocycles. The fourth-order valence-corrected chi connectivity index (χ4v) is 10.2. The summed E-state index contributed by atoms with van der Waals surface area (Å²) in [6.45, 7) is 4.22. The van der Waals surface area contributed by atoms with Gasteiger partial charge in [-0.2, -0.15) is 0 Å². The van der Waals surface area contributed by atoms with Gasteiger partial charge in [0, 0.05) is 12.8 Å². The third-order valence-corrected chi connectivity index (χ3v) is 15.5. The van der Waals surface area contributed by atoms with E-state index in [1.807, 2.05) is 6.08 Å². The summed E-state index contributed by atoms with van der Waals surface area (Å²) in [5.74, 6) is -0.200. The first kappa shape index (κ1) is 75.4. The summed E-state index contributed by atoms with van der Waals surface area (Å²) in [5, 5.41) is 54.3. The van der Waals surface area contributed by atoms with E-state index in [-0.39, 0.29) is 18.5 Å². The molecule has 1 aliphatic heterocycles. The number of ether oxygens (including phenoxy) is 3. The van der Waals surface area contributed by atoms with Crippen LogP contribution in [0.2, 0.25) is 0 Å². The fourth-order valence-electron chi connectivity index (χ4n) is 10.2. The molecule has 1 aliphatic rings. The third kappa shape index (κ3) is 46.8. The predicted octanol–water partition coefficient (Wildman–Crippen LogP) is 16.6. The zero-order valence-corrected chi connectivity index (χ0v) is 51.5. The Hall–Kier alpha value is -2.64. The average Bonchev–Trinajstić information content (AvgIpc) is 3.45. The Labute approximate surface area is 490 Å². The number of esters is 1. The molecule has 80 heavy (non-hydrogen) atoms. The molecule has 1 saturated heterocycles. The van der Waals surface area contributed by atoms with Gasteiger partial charge in [0.15, 0.2) is 6.29 Å². The highest BCUT2D eigenvalue weighted by atomic mass is 16.7. The SMILES string of the molecule is CCC/C=C/CC/C=C/CC/C=C/C(O)C(COC1OC(CO)C(O)C(O)C1O)NC(=O)CCCCCCCCCCCCCCCC/C=C\CCCCCCCCCCCCCCOC(=O)CCCCCCC/C=C\CCCC. The van der Waals surface area contributed by atoms with Crippen molar-refractivity contribution in [3.63, 3.8) is 0 Å². The second kappa shape index (κ2) is 58.1. The van der Waals surface area contributed by atoms with E-state index in [1.165, 1.54) is 199 Å². The molecule has 0 bridgehead atoms. The van der Waals surface area contributed by atoms with Crippen LogP contribution >= 0.6 is 0 Å². The lowest BCUT2D eigenvalue weighted by molar-refractivity contribution is -0.302. The van der Waals surface area contributed by atoms with E-state index in [2.05, 4.69) is 67.8 Å². The fraction of sp³-hybridized carbons (Fsp3) is 0.826. The quantitative estimate of drug-likeness (QED) is 0.0195. The Morgan fingerprint density at radius 1 is 0.450 bits per heavy atom. The number of hydrogen-bond donors (Lipinski definition) is 6. The van der Waals surface area contributed by atoms with E-state index in [9.17, 15) is 35.1 Å². The largest absolute Gasteiger partial charge is 0.466 e. The van der Waals surface area contributed by atoms with Crippen molar-refractivity contribution in [2.75, 3.05) is 19.8 Å². The zero-order valence-electron chi connectivity index (χ0n) is 51.5. The first-order chi connectivity index (χ1) is 39.2. The molecule has 0 saturated carbocycles. The number of allylic oxidation sites excluding steroid dienone is 9. The maximum Gasteiger partial charge on any atom is 0.305 e. The summed E-state index contributed by atoms with van der Waals surface area (Å²) < 4.78 is 16.7. The van der Waals surface area contributed by atoms with Crippen molar-refractivity contribution in [3.05, 3.63) is 60.8 Å². The summed E-state index contributed by atoms with van der Waals surface area (Å²) in [6.07, 6.45) is 66.5. The van der Waals surface area contributed by atoms with Gasteiger partial charge in [0.1, 0.15) is 24.4 Å². The number of carbonyl (C=O) groups is 2. The zero-order chi connectivity index (χ0) is 58.0. The summed E-state index contributed by atoms with van der Waals surface area (Å²) in [4.78, 5) is 25.0. The molecule has 466 valence electrons. The van der Waals surface area contributed by atoms with Crippen molar-refractivity contribution >= 4 is 11.9 Å². The second-order valence-electron chi connectivity index (χ2n) is 23.1. The summed E-state index contributed by atoms with van der Waals surface area (Å²) in [6, 6.07) is -0.834. The van der Waals surface area contributed by atoms with Crippen molar-refractivity contribution in [1.29, 1.82) is 0 Å². The smallest absolute Gasteiger partial charge is 0.305 e. The molecule has 0 aromatic rings. The molecule has 1 amide bonds. The molecule has 0 aromatic heterocycles. The van der Waals surface area contributed by atoms with Gasteiger partial charge in [0.25, 0.3) is 0 Å². The normalized spacial score (nSPS) is 18.7. The molecule has 1 fully saturated rings. The first-order valence-electron chi connectivity index (χ1n) is 33.6. The molecule has 11 heteroatoms. The number of hydrogen-bond acceptors (Lipinski definition) is 10. The number of nitrogens with one attached hydrogen (secondary N) is 1. The van der Waals surface area contributed by atoms with Crippen molar-refractivity contribution in [2.24, 2.45) is 0 Å². The van der Waals surface area contributed by atoms with Crippen LogP contribution in [0.25, 0.3) is 0 Å². The van der Waals surface area contributed by atoms with Gasteiger partial charge in [-0.25, -0.2) is 0 Å². The number of unbranched alkanes of at least 4 members (excludes halogenated alkanes) is 36. The van der Waals surface area contributed by atoms with Crippen molar-refractivity contribution < 1.29 is 49.3 Å². The van der Waals surface area contributed by atoms with E-state index in [0.717, 1.165) is 77.0 Å². The number of aliphatic hydroxyl groups excluding tert-OH is 5. The molecule has 6 N–H and O–H groups in total. The van der Waals surface area contributed by atoms with Gasteiger partial charge in [-0.1, -0.05) is 254 Å². The van der Waals surface area contributed by atoms with E-state index in [4.69, 9.17) is 14.2 Å². The highest BCUT2D eigenvalue weighted by Crippen LogP contribution is 2.23. The minimum Gasteiger partial charge on any atom is -0.466 e. The topological polar surface area (TPSA) is 175 Å². The number of rotatable bonds is 58. The maximum absolute atomic E-state index is 13.0. The van der Waals surface area contributed by atoms with Crippen LogP contribution in [0.15, 0.2) is 60.8 Å². The Morgan fingerprint density at radius 2 is 0.838 bits per heavy atom. The Morgan fingerprint density at radius 3 is 1.29 bits per heavy atom. The van der Waals surface area contributed by atoms with Crippen molar-refractivity contribution in [1.82, 2.24) is 5.32 Å². The van der Waals surface area contributed by atoms with Crippen LogP contribution in [0.3, 0.4) is 0 Å². The number of amides is 1. The Bertz CT molecular complexity index is 1510. The van der Waals surface area contributed by atoms with Gasteiger partial charge in [-0.05, 0) is 96.3 Å². The van der Waals surface area contributed by atoms with Crippen LogP contribution in [0.5, 0.6) is 0 Å². The standard InChI is InChI=1S/C69H125NO10/c1-3-5-7-9-11-13-35-39-43-47-51-55-62(72)61(60-79-69-68(77)67(76)66(75)63(59-71)80-69)70-64(73)56-52-48-44-40-37-33-31-29-27-25-23-21-19-17-15-16-18-20-22-24-26-28-30-32-34-38-42-46-50-54-58-78-65(74)57-53-49-45-41-36-14-12-10-8-6-4-2/h7,9-10,12,16,18,35,39,51,55,61-63,66-69,71-72,75-77H,3-6,8,11,13-15,17,19-34,36-38,40-50,52-54,56-60H2,1-2H3,(H,70,73)/b9-7+,12-10-,18-16-,39-35+,55-51+. The van der Waals surface area contributed by atoms with E-state index < -0.39 is 49.5 Å². The minimum atomic E-state index is -1.58. The van der Waals surface area contributed by atoms with E-state index >= 15 is 0 Å². The molecule has 7 atom stereocenters. The van der Waals surface area contributed by atoms with E-state index in [0.29, 0.717) is 19.4 Å². The lowest BCUT2D eigenvalue weighted by Gasteiger charge is -2.40. The molecule has 0 spiro atoms. The van der Waals surface area contributed by atoms with Gasteiger partial charge in [0.2, 0.25) is 5.91 Å². The van der Waals surface area contributed by atoms with Crippen LogP contribution < -0.4 is 5.32 Å². The number of carbonyl (C=O) groups excluding carboxylic acids is 2. The van der Waals surface area contributed by atoms with Crippen LogP contribution in [0, 0.1) is 0 Å². The molecular formula is C69H125NO10. The maximum atomic E-state index is 13.0. The summed E-state index contributed by atoms with van der Waals surface area (Å²) in [7, 11) is 0. The summed E-state index contributed by atoms with van der Waals surface area (Å²) in [5.41, 5.74) is 0. The minimum absolute atomic E-state index is 0.00325. The Kier molecular flexibility index (Phi) is 54.8. The number of aliphatic hydroxyl groups is 5. The highest BCUT2D eigenvalue weighted by molar-refractivity contribution is 5.76. The van der Waals surface area contributed by atoms with Crippen LogP contribution in [-0.2, 0) is 23.8 Å². The lowest BCUT2D eigenvalue weighted by atomic mass is 9.99. The average molecular weight is 1130 g/mol. The van der Waals surface area contributed by atoms with Crippen molar-refractivity contribution in [3.8, 4) is 0 Å². The molecule has 0 radical (unpaired) electrons. The molecular weight excluding hydrogens is 1000 g/mol. The van der Waals surface area contributed by atoms with Gasteiger partial charge in [-0.15, -0.1) is 0 Å². The predicted molar refractivity (Wildman–Crippen MR) is 333 cm³/mol. The van der Waals surface area contributed by atoms with Crippen molar-refractivity contribution in [2.45, 2.75) is 346 Å². The van der Waals surface area contributed by atoms with E-state index in [1.54, 1.807) is 6.08 Å². The third-order valence-electron chi connectivity index (χ3n) is 15.5. The van der Waals surface area contributed by atoms with Crippen LogP contribution in [0.4, 0.5) is 0 Å². The Balaban J connectivity index is 1.97. The molecule has 1 rings (SSSR count).